The van der Waals surface area contributed by atoms with Gasteiger partial charge in [0.25, 0.3) is 32.1 Å². The average molecular weight is 408 g/mol. The van der Waals surface area contributed by atoms with E-state index in [1.807, 2.05) is 0 Å². The number of amides is 2. The lowest BCUT2D eigenvalue weighted by atomic mass is 10.1. The van der Waals surface area contributed by atoms with Gasteiger partial charge in [-0.1, -0.05) is 6.07 Å². The third kappa shape index (κ3) is 9.46. The molecule has 0 saturated heterocycles. The second-order valence-electron chi connectivity index (χ2n) is 5.37. The third-order valence-electron chi connectivity index (χ3n) is 3.12. The molecule has 26 heavy (non-hydrogen) atoms. The maximum atomic E-state index is 12.0. The van der Waals surface area contributed by atoms with E-state index in [2.05, 4.69) is 10.6 Å². The van der Waals surface area contributed by atoms with Crippen LogP contribution in [0.3, 0.4) is 0 Å². The highest BCUT2D eigenvalue weighted by Crippen LogP contribution is 2.06. The molecule has 0 bridgehead atoms. The Kier molecular flexibility index (Phi) is 8.14. The van der Waals surface area contributed by atoms with Crippen LogP contribution < -0.4 is 10.6 Å². The Morgan fingerprint density at radius 1 is 0.808 bits per heavy atom. The van der Waals surface area contributed by atoms with E-state index < -0.39 is 43.6 Å². The fourth-order valence-electron chi connectivity index (χ4n) is 1.92. The van der Waals surface area contributed by atoms with Crippen LogP contribution in [0.25, 0.3) is 0 Å². The smallest absolute Gasteiger partial charge is 0.264 e. The quantitative estimate of drug-likeness (QED) is 0.302. The van der Waals surface area contributed by atoms with E-state index in [1.165, 1.54) is 24.3 Å². The Bertz CT molecular complexity index is 782. The lowest BCUT2D eigenvalue weighted by Crippen LogP contribution is -2.28. The van der Waals surface area contributed by atoms with Crippen molar-refractivity contribution in [1.82, 2.24) is 10.6 Å². The molecule has 0 unspecified atom stereocenters. The van der Waals surface area contributed by atoms with Crippen LogP contribution in [0.4, 0.5) is 0 Å². The van der Waals surface area contributed by atoms with Crippen molar-refractivity contribution in [2.75, 3.05) is 24.6 Å². The summed E-state index contributed by atoms with van der Waals surface area (Å²) in [5, 5.41) is 4.93. The highest BCUT2D eigenvalue weighted by Gasteiger charge is 2.11. The molecule has 146 valence electrons. The number of carbonyl (C=O) groups is 2. The monoisotopic (exact) mass is 408 g/mol. The predicted octanol–water partition coefficient (Wildman–Crippen LogP) is -0.298. The molecule has 2 amide bonds. The van der Waals surface area contributed by atoms with E-state index in [1.54, 1.807) is 0 Å². The Balaban J connectivity index is 2.52. The summed E-state index contributed by atoms with van der Waals surface area (Å²) in [6.45, 7) is 0.0648. The maximum absolute atomic E-state index is 12.0. The minimum absolute atomic E-state index is 0.0324. The first kappa shape index (κ1) is 22.0. The molecule has 12 heteroatoms. The highest BCUT2D eigenvalue weighted by molar-refractivity contribution is 7.86. The molecule has 0 atom stereocenters. The first-order valence-corrected chi connectivity index (χ1v) is 10.8. The van der Waals surface area contributed by atoms with Crippen LogP contribution in [0.15, 0.2) is 24.3 Å². The molecule has 0 heterocycles. The molecule has 4 N–H and O–H groups in total. The average Bonchev–Trinajstić information content (AvgIpc) is 2.53. The summed E-state index contributed by atoms with van der Waals surface area (Å²) in [5.74, 6) is -1.97. The summed E-state index contributed by atoms with van der Waals surface area (Å²) in [4.78, 5) is 23.9. The van der Waals surface area contributed by atoms with Gasteiger partial charge in [0.1, 0.15) is 0 Å². The molecule has 1 aromatic carbocycles. The van der Waals surface area contributed by atoms with Crippen molar-refractivity contribution in [3.05, 3.63) is 35.4 Å². The number of benzene rings is 1. The standard InChI is InChI=1S/C14H20N2O8S2/c17-13(15-6-2-8-25(19,20)21)11-4-1-5-12(10-11)14(18)16-7-3-9-26(22,23)24/h1,4-5,10H,2-3,6-9H2,(H,15,17)(H,16,18)(H,19,20,21)(H,22,23,24). The number of nitrogens with one attached hydrogen (secondary N) is 2. The van der Waals surface area contributed by atoms with Crippen molar-refractivity contribution in [3.8, 4) is 0 Å². The maximum Gasteiger partial charge on any atom is 0.264 e. The zero-order valence-electron chi connectivity index (χ0n) is 13.7. The summed E-state index contributed by atoms with van der Waals surface area (Å²) < 4.78 is 59.5. The summed E-state index contributed by atoms with van der Waals surface area (Å²) in [5.41, 5.74) is 0.366. The fourth-order valence-corrected chi connectivity index (χ4v) is 2.94. The van der Waals surface area contributed by atoms with E-state index in [9.17, 15) is 26.4 Å². The summed E-state index contributed by atoms with van der Waals surface area (Å²) in [6.07, 6.45) is 0.0804. The summed E-state index contributed by atoms with van der Waals surface area (Å²) in [7, 11) is -8.17. The largest absolute Gasteiger partial charge is 0.352 e. The summed E-state index contributed by atoms with van der Waals surface area (Å²) in [6, 6.07) is 5.75. The van der Waals surface area contributed by atoms with Gasteiger partial charge in [-0.25, -0.2) is 0 Å². The van der Waals surface area contributed by atoms with Gasteiger partial charge >= 0.3 is 0 Å². The normalized spacial score (nSPS) is 11.8. The molecule has 1 aromatic rings. The van der Waals surface area contributed by atoms with Crippen molar-refractivity contribution in [3.63, 3.8) is 0 Å². The molecular formula is C14H20N2O8S2. The van der Waals surface area contributed by atoms with Gasteiger partial charge in [0.05, 0.1) is 11.5 Å². The molecule has 0 radical (unpaired) electrons. The minimum Gasteiger partial charge on any atom is -0.352 e. The van der Waals surface area contributed by atoms with Crippen LogP contribution in [0, 0.1) is 0 Å². The number of hydrogen-bond acceptors (Lipinski definition) is 6. The van der Waals surface area contributed by atoms with Crippen molar-refractivity contribution in [1.29, 1.82) is 0 Å². The second-order valence-corrected chi connectivity index (χ2v) is 8.52. The van der Waals surface area contributed by atoms with E-state index >= 15 is 0 Å². The van der Waals surface area contributed by atoms with Crippen molar-refractivity contribution in [2.24, 2.45) is 0 Å². The van der Waals surface area contributed by atoms with Gasteiger partial charge in [-0.3, -0.25) is 18.7 Å². The van der Waals surface area contributed by atoms with Gasteiger partial charge in [0.2, 0.25) is 0 Å². The van der Waals surface area contributed by atoms with Crippen LogP contribution in [0.5, 0.6) is 0 Å². The Hall–Kier alpha value is -2.02. The van der Waals surface area contributed by atoms with Gasteiger partial charge in [-0.05, 0) is 31.0 Å². The molecule has 0 aliphatic heterocycles. The first-order chi connectivity index (χ1) is 12.0. The van der Waals surface area contributed by atoms with Crippen LogP contribution >= 0.6 is 0 Å². The van der Waals surface area contributed by atoms with Crippen LogP contribution in [0.1, 0.15) is 33.6 Å². The Morgan fingerprint density at radius 2 is 1.19 bits per heavy atom. The van der Waals surface area contributed by atoms with E-state index in [4.69, 9.17) is 9.11 Å². The Morgan fingerprint density at radius 3 is 1.54 bits per heavy atom. The molecule has 0 aliphatic carbocycles. The van der Waals surface area contributed by atoms with E-state index in [0.717, 1.165) is 0 Å². The molecule has 0 aromatic heterocycles. The van der Waals surface area contributed by atoms with E-state index in [-0.39, 0.29) is 37.1 Å². The number of carbonyl (C=O) groups excluding carboxylic acids is 2. The lowest BCUT2D eigenvalue weighted by molar-refractivity contribution is 0.0953. The molecule has 1 rings (SSSR count). The highest BCUT2D eigenvalue weighted by atomic mass is 32.2. The molecule has 10 nitrogen and oxygen atoms in total. The number of hydrogen-bond donors (Lipinski definition) is 4. The molecular weight excluding hydrogens is 388 g/mol. The molecule has 0 spiro atoms. The van der Waals surface area contributed by atoms with Gasteiger partial charge in [-0.15, -0.1) is 0 Å². The molecule has 0 fully saturated rings. The van der Waals surface area contributed by atoms with Crippen LogP contribution in [-0.4, -0.2) is 62.4 Å². The third-order valence-corrected chi connectivity index (χ3v) is 4.73. The summed E-state index contributed by atoms with van der Waals surface area (Å²) >= 11 is 0. The van der Waals surface area contributed by atoms with Crippen LogP contribution in [0.2, 0.25) is 0 Å². The molecule has 0 aliphatic rings. The van der Waals surface area contributed by atoms with Gasteiger partial charge in [-0.2, -0.15) is 16.8 Å². The SMILES string of the molecule is O=C(NCCCS(=O)(=O)O)c1cccc(C(=O)NCCCS(=O)(=O)O)c1. The topological polar surface area (TPSA) is 167 Å². The van der Waals surface area contributed by atoms with E-state index in [0.29, 0.717) is 0 Å². The second kappa shape index (κ2) is 9.62. The lowest BCUT2D eigenvalue weighted by Gasteiger charge is -2.08. The van der Waals surface area contributed by atoms with Gasteiger partial charge in [0, 0.05) is 24.2 Å². The zero-order chi connectivity index (χ0) is 19.8. The minimum atomic E-state index is -4.08. The number of rotatable bonds is 10. The van der Waals surface area contributed by atoms with Crippen molar-refractivity contribution >= 4 is 32.1 Å². The van der Waals surface area contributed by atoms with Crippen molar-refractivity contribution < 1.29 is 35.5 Å². The van der Waals surface area contributed by atoms with Gasteiger partial charge < -0.3 is 10.6 Å². The molecule has 0 saturated carbocycles. The van der Waals surface area contributed by atoms with Crippen molar-refractivity contribution in [2.45, 2.75) is 12.8 Å². The van der Waals surface area contributed by atoms with Gasteiger partial charge in [0.15, 0.2) is 0 Å². The fraction of sp³-hybridized carbons (Fsp3) is 0.429. The van der Waals surface area contributed by atoms with Crippen LogP contribution in [-0.2, 0) is 20.2 Å². The zero-order valence-corrected chi connectivity index (χ0v) is 15.3. The predicted molar refractivity (Wildman–Crippen MR) is 93.2 cm³/mol. The Labute approximate surface area is 151 Å². The first-order valence-electron chi connectivity index (χ1n) is 7.55.